The minimum absolute atomic E-state index is 0.281. The Kier molecular flexibility index (Phi) is 7.70. The summed E-state index contributed by atoms with van der Waals surface area (Å²) in [6.07, 6.45) is 4.81. The maximum Gasteiger partial charge on any atom is 0.410 e. The van der Waals surface area contributed by atoms with Crippen molar-refractivity contribution in [3.8, 4) is 0 Å². The number of rotatable bonds is 3. The number of amides is 2. The molecule has 0 unspecified atom stereocenters. The van der Waals surface area contributed by atoms with Crippen molar-refractivity contribution in [2.75, 3.05) is 18.4 Å². The van der Waals surface area contributed by atoms with Crippen LogP contribution in [0.2, 0.25) is 10.0 Å². The fourth-order valence-electron chi connectivity index (χ4n) is 3.47. The fourth-order valence-corrected chi connectivity index (χ4v) is 3.87. The van der Waals surface area contributed by atoms with Gasteiger partial charge in [0.15, 0.2) is 0 Å². The second kappa shape index (κ2) is 10.1. The van der Waals surface area contributed by atoms with Gasteiger partial charge in [0, 0.05) is 30.0 Å². The summed E-state index contributed by atoms with van der Waals surface area (Å²) in [5, 5.41) is 3.88. The van der Waals surface area contributed by atoms with Crippen LogP contribution in [0.1, 0.15) is 60.8 Å². The molecule has 1 fully saturated rings. The number of pyridine rings is 1. The highest BCUT2D eigenvalue weighted by molar-refractivity contribution is 6.32. The highest BCUT2D eigenvalue weighted by Gasteiger charge is 2.24. The fraction of sp³-hybridized carbons (Fsp3) is 0.400. The number of likely N-dealkylation sites (tertiary alicyclic amines) is 1. The van der Waals surface area contributed by atoms with E-state index in [0.29, 0.717) is 40.1 Å². The third-order valence-corrected chi connectivity index (χ3v) is 5.97. The molecule has 1 N–H and O–H groups in total. The van der Waals surface area contributed by atoms with Crippen LogP contribution in [0, 0.1) is 13.8 Å². The summed E-state index contributed by atoms with van der Waals surface area (Å²) in [6, 6.07) is 5.20. The summed E-state index contributed by atoms with van der Waals surface area (Å²) in [4.78, 5) is 30.9. The summed E-state index contributed by atoms with van der Waals surface area (Å²) in [5.41, 5.74) is 4.21. The summed E-state index contributed by atoms with van der Waals surface area (Å²) < 4.78 is 5.47. The number of aryl methyl sites for hydroxylation is 1. The molecule has 0 spiro atoms. The average molecular weight is 490 g/mol. The van der Waals surface area contributed by atoms with Crippen LogP contribution in [-0.4, -0.2) is 40.6 Å². The predicted molar refractivity (Wildman–Crippen MR) is 133 cm³/mol. The van der Waals surface area contributed by atoms with Gasteiger partial charge < -0.3 is 15.0 Å². The van der Waals surface area contributed by atoms with Gasteiger partial charge in [0.2, 0.25) is 0 Å². The van der Waals surface area contributed by atoms with Gasteiger partial charge in [-0.3, -0.25) is 9.78 Å². The van der Waals surface area contributed by atoms with E-state index >= 15 is 0 Å². The number of nitrogens with zero attached hydrogens (tertiary/aromatic N) is 2. The molecule has 1 saturated heterocycles. The third-order valence-electron chi connectivity index (χ3n) is 5.37. The molecule has 33 heavy (non-hydrogen) atoms. The first-order chi connectivity index (χ1) is 15.4. The van der Waals surface area contributed by atoms with E-state index < -0.39 is 5.60 Å². The zero-order chi connectivity index (χ0) is 24.3. The van der Waals surface area contributed by atoms with Crippen LogP contribution < -0.4 is 5.32 Å². The van der Waals surface area contributed by atoms with Gasteiger partial charge in [-0.25, -0.2) is 4.79 Å². The third kappa shape index (κ3) is 6.71. The zero-order valence-electron chi connectivity index (χ0n) is 19.6. The zero-order valence-corrected chi connectivity index (χ0v) is 21.1. The molecule has 1 aliphatic rings. The topological polar surface area (TPSA) is 71.5 Å². The van der Waals surface area contributed by atoms with Crippen molar-refractivity contribution in [2.45, 2.75) is 53.1 Å². The molecule has 1 aromatic heterocycles. The second-order valence-electron chi connectivity index (χ2n) is 9.18. The lowest BCUT2D eigenvalue weighted by Crippen LogP contribution is -2.40. The van der Waals surface area contributed by atoms with Crippen molar-refractivity contribution in [3.05, 3.63) is 62.4 Å². The van der Waals surface area contributed by atoms with E-state index in [1.54, 1.807) is 24.0 Å². The summed E-state index contributed by atoms with van der Waals surface area (Å²) in [5.74, 6) is -0.306. The molecule has 2 heterocycles. The van der Waals surface area contributed by atoms with E-state index in [2.05, 4.69) is 16.4 Å². The lowest BCUT2D eigenvalue weighted by molar-refractivity contribution is 0.0236. The van der Waals surface area contributed by atoms with Crippen molar-refractivity contribution in [1.29, 1.82) is 0 Å². The Morgan fingerprint density at radius 2 is 1.79 bits per heavy atom. The van der Waals surface area contributed by atoms with Gasteiger partial charge in [-0.1, -0.05) is 34.9 Å². The van der Waals surface area contributed by atoms with Crippen LogP contribution in [0.15, 0.2) is 30.0 Å². The van der Waals surface area contributed by atoms with Gasteiger partial charge in [-0.05, 0) is 76.8 Å². The van der Waals surface area contributed by atoms with Gasteiger partial charge in [-0.15, -0.1) is 0 Å². The van der Waals surface area contributed by atoms with Crippen molar-refractivity contribution >= 4 is 47.0 Å². The monoisotopic (exact) mass is 489 g/mol. The van der Waals surface area contributed by atoms with Crippen LogP contribution in [0.4, 0.5) is 10.5 Å². The number of carbonyl (C=O) groups excluding carboxylic acids is 2. The van der Waals surface area contributed by atoms with Gasteiger partial charge in [0.1, 0.15) is 5.60 Å². The second-order valence-corrected chi connectivity index (χ2v) is 10.0. The Labute approximate surface area is 204 Å². The summed E-state index contributed by atoms with van der Waals surface area (Å²) in [7, 11) is 0. The standard InChI is InChI=1S/C25H29Cl2N3O3/c1-15-18(10-17-6-8-30(9-7-17)24(32)33-25(3,4)5)11-20(26)13-22(15)29-23(31)19-12-21(27)16(2)28-14-19/h10-14H,6-9H2,1-5H3,(H,29,31). The first-order valence-corrected chi connectivity index (χ1v) is 11.6. The molecule has 0 atom stereocenters. The highest BCUT2D eigenvalue weighted by Crippen LogP contribution is 2.29. The molecular weight excluding hydrogens is 461 g/mol. The number of aromatic nitrogens is 1. The predicted octanol–water partition coefficient (Wildman–Crippen LogP) is 6.67. The quantitative estimate of drug-likeness (QED) is 0.522. The van der Waals surface area contributed by atoms with Crippen LogP contribution in [0.25, 0.3) is 6.08 Å². The molecule has 3 rings (SSSR count). The van der Waals surface area contributed by atoms with E-state index in [1.807, 2.05) is 33.8 Å². The molecule has 2 amide bonds. The van der Waals surface area contributed by atoms with E-state index in [9.17, 15) is 9.59 Å². The molecule has 1 aromatic carbocycles. The summed E-state index contributed by atoms with van der Waals surface area (Å²) in [6.45, 7) is 10.5. The average Bonchev–Trinajstić information content (AvgIpc) is 2.72. The van der Waals surface area contributed by atoms with E-state index in [1.165, 1.54) is 11.8 Å². The molecule has 1 aliphatic heterocycles. The lowest BCUT2D eigenvalue weighted by atomic mass is 9.98. The molecule has 8 heteroatoms. The van der Waals surface area contributed by atoms with Crippen LogP contribution in [0.3, 0.4) is 0 Å². The maximum atomic E-state index is 12.7. The normalized spacial score (nSPS) is 14.2. The number of halogens is 2. The van der Waals surface area contributed by atoms with Gasteiger partial charge in [0.05, 0.1) is 16.3 Å². The Hall–Kier alpha value is -2.57. The maximum absolute atomic E-state index is 12.7. The van der Waals surface area contributed by atoms with E-state index in [4.69, 9.17) is 27.9 Å². The number of hydrogen-bond donors (Lipinski definition) is 1. The van der Waals surface area contributed by atoms with Crippen LogP contribution >= 0.6 is 23.2 Å². The van der Waals surface area contributed by atoms with Crippen molar-refractivity contribution in [3.63, 3.8) is 0 Å². The van der Waals surface area contributed by atoms with E-state index in [0.717, 1.165) is 24.0 Å². The molecular formula is C25H29Cl2N3O3. The van der Waals surface area contributed by atoms with Gasteiger partial charge >= 0.3 is 6.09 Å². The number of anilines is 1. The Morgan fingerprint density at radius 1 is 1.12 bits per heavy atom. The van der Waals surface area contributed by atoms with Crippen molar-refractivity contribution < 1.29 is 14.3 Å². The number of benzene rings is 1. The molecule has 176 valence electrons. The Balaban J connectivity index is 1.73. The first-order valence-electron chi connectivity index (χ1n) is 10.8. The number of nitrogens with one attached hydrogen (secondary N) is 1. The van der Waals surface area contributed by atoms with Gasteiger partial charge in [0.25, 0.3) is 5.91 Å². The molecule has 0 aliphatic carbocycles. The number of ether oxygens (including phenoxy) is 1. The molecule has 0 bridgehead atoms. The number of piperidine rings is 1. The largest absolute Gasteiger partial charge is 0.444 e. The smallest absolute Gasteiger partial charge is 0.410 e. The summed E-state index contributed by atoms with van der Waals surface area (Å²) >= 11 is 12.5. The minimum atomic E-state index is -0.508. The Bertz CT molecular complexity index is 1100. The molecule has 0 saturated carbocycles. The first kappa shape index (κ1) is 25.1. The SMILES string of the molecule is Cc1ncc(C(=O)Nc2cc(Cl)cc(C=C3CCN(C(=O)OC(C)(C)C)CC3)c2C)cc1Cl. The number of carbonyl (C=O) groups is 2. The molecule has 2 aromatic rings. The minimum Gasteiger partial charge on any atom is -0.444 e. The van der Waals surface area contributed by atoms with Crippen LogP contribution in [-0.2, 0) is 4.74 Å². The highest BCUT2D eigenvalue weighted by atomic mass is 35.5. The van der Waals surface area contributed by atoms with Gasteiger partial charge in [-0.2, -0.15) is 0 Å². The van der Waals surface area contributed by atoms with Crippen LogP contribution in [0.5, 0.6) is 0 Å². The van der Waals surface area contributed by atoms with E-state index in [-0.39, 0.29) is 12.0 Å². The van der Waals surface area contributed by atoms with Crippen molar-refractivity contribution in [2.24, 2.45) is 0 Å². The molecule has 0 radical (unpaired) electrons. The molecule has 6 nitrogen and oxygen atoms in total. The lowest BCUT2D eigenvalue weighted by Gasteiger charge is -2.31. The van der Waals surface area contributed by atoms with Crippen molar-refractivity contribution in [1.82, 2.24) is 9.88 Å². The Morgan fingerprint density at radius 3 is 2.39 bits per heavy atom. The number of hydrogen-bond acceptors (Lipinski definition) is 4.